The van der Waals surface area contributed by atoms with Gasteiger partial charge in [-0.05, 0) is 35.4 Å². The second kappa shape index (κ2) is 8.15. The molecule has 0 bridgehead atoms. The molecule has 1 fully saturated rings. The molecule has 1 aliphatic heterocycles. The van der Waals surface area contributed by atoms with Crippen LogP contribution in [0.4, 0.5) is 0 Å². The van der Waals surface area contributed by atoms with E-state index in [2.05, 4.69) is 0 Å². The monoisotopic (exact) mass is 393 g/mol. The normalized spacial score (nSPS) is 31.3. The molecule has 0 radical (unpaired) electrons. The van der Waals surface area contributed by atoms with Crippen LogP contribution < -0.4 is 4.74 Å². The smallest absolute Gasteiger partial charge is 0.335 e. The molecule has 8 heteroatoms. The Labute approximate surface area is 165 Å². The molecule has 150 valence electrons. The number of aliphatic hydroxyl groups excluding tert-OH is 3. The first-order chi connectivity index (χ1) is 14.6. The van der Waals surface area contributed by atoms with Crippen LogP contribution in [0.1, 0.15) is 28.0 Å². The highest BCUT2D eigenvalue weighted by atomic mass is 16.7. The number of hydrogen-bond acceptors (Lipinski definition) is 7. The lowest BCUT2D eigenvalue weighted by Gasteiger charge is -2.38. The van der Waals surface area contributed by atoms with Crippen LogP contribution in [0.15, 0.2) is 48.5 Å². The largest absolute Gasteiger partial charge is 0.508 e. The predicted molar refractivity (Wildman–Crippen MR) is 97.0 cm³/mol. The molecule has 0 spiro atoms. The molecule has 1 heterocycles. The van der Waals surface area contributed by atoms with Gasteiger partial charge in [-0.25, -0.2) is 4.79 Å². The summed E-state index contributed by atoms with van der Waals surface area (Å²) in [7, 11) is 0. The zero-order valence-electron chi connectivity index (χ0n) is 17.5. The topological polar surface area (TPSA) is 137 Å². The summed E-state index contributed by atoms with van der Waals surface area (Å²) in [5.41, 5.74) is 0.603. The lowest BCUT2D eigenvalue weighted by molar-refractivity contribution is -0.271. The zero-order valence-corrected chi connectivity index (χ0v) is 14.5. The third-order valence-electron chi connectivity index (χ3n) is 4.41. The standard InChI is InChI=1S/C20H22O8/c1-10(11-2-6-13(21)7-3-11)12-4-8-14(9-5-12)27-20-17(24)15(22)16(23)18(28-20)19(25)26/h2-10,15-18,20-24H,1H3,(H,25,26)/t10?,15?,16-,17?,18?,20-/m1/s1/i1D2,10D. The van der Waals surface area contributed by atoms with Crippen molar-refractivity contribution in [2.75, 3.05) is 0 Å². The van der Waals surface area contributed by atoms with E-state index in [0.717, 1.165) is 0 Å². The minimum Gasteiger partial charge on any atom is -0.508 e. The number of aromatic hydroxyl groups is 1. The van der Waals surface area contributed by atoms with Gasteiger partial charge < -0.3 is 35.0 Å². The van der Waals surface area contributed by atoms with Crippen molar-refractivity contribution in [3.05, 3.63) is 59.7 Å². The molecule has 2 aromatic rings. The van der Waals surface area contributed by atoms with Gasteiger partial charge in [-0.3, -0.25) is 0 Å². The highest BCUT2D eigenvalue weighted by Crippen LogP contribution is 2.29. The Balaban J connectivity index is 1.83. The Morgan fingerprint density at radius 1 is 1.04 bits per heavy atom. The fourth-order valence-corrected chi connectivity index (χ4v) is 2.80. The molecule has 0 aliphatic carbocycles. The number of benzene rings is 2. The molecular formula is C20H22O8. The fourth-order valence-electron chi connectivity index (χ4n) is 2.80. The Morgan fingerprint density at radius 3 is 2.14 bits per heavy atom. The second-order valence-corrected chi connectivity index (χ2v) is 6.34. The third-order valence-corrected chi connectivity index (χ3v) is 4.41. The van der Waals surface area contributed by atoms with Crippen molar-refractivity contribution >= 4 is 5.97 Å². The number of carboxylic acids is 1. The number of hydrogen-bond donors (Lipinski definition) is 5. The van der Waals surface area contributed by atoms with Gasteiger partial charge in [-0.1, -0.05) is 31.1 Å². The Hall–Kier alpha value is -2.65. The van der Waals surface area contributed by atoms with Crippen molar-refractivity contribution in [1.29, 1.82) is 0 Å². The van der Waals surface area contributed by atoms with E-state index >= 15 is 0 Å². The van der Waals surface area contributed by atoms with Gasteiger partial charge in [0.2, 0.25) is 6.29 Å². The van der Waals surface area contributed by atoms with Gasteiger partial charge in [0, 0.05) is 10.0 Å². The zero-order chi connectivity index (χ0) is 22.9. The number of ether oxygens (including phenoxy) is 2. The number of rotatable bonds is 5. The first-order valence-corrected chi connectivity index (χ1v) is 8.39. The van der Waals surface area contributed by atoms with Gasteiger partial charge in [-0.15, -0.1) is 0 Å². The van der Waals surface area contributed by atoms with Crippen LogP contribution >= 0.6 is 0 Å². The average molecular weight is 393 g/mol. The summed E-state index contributed by atoms with van der Waals surface area (Å²) in [4.78, 5) is 11.2. The van der Waals surface area contributed by atoms with Gasteiger partial charge in [0.05, 0.1) is 0 Å². The highest BCUT2D eigenvalue weighted by Gasteiger charge is 2.48. The van der Waals surface area contributed by atoms with Gasteiger partial charge >= 0.3 is 5.97 Å². The van der Waals surface area contributed by atoms with Crippen LogP contribution in [0.3, 0.4) is 0 Å². The van der Waals surface area contributed by atoms with E-state index in [1.165, 1.54) is 48.5 Å². The van der Waals surface area contributed by atoms with E-state index in [1.54, 1.807) is 0 Å². The summed E-state index contributed by atoms with van der Waals surface area (Å²) in [6, 6.07) is 11.2. The van der Waals surface area contributed by atoms with E-state index in [9.17, 15) is 25.2 Å². The van der Waals surface area contributed by atoms with Gasteiger partial charge in [0.1, 0.15) is 29.8 Å². The summed E-state index contributed by atoms with van der Waals surface area (Å²) in [5.74, 6) is -3.23. The maximum absolute atomic E-state index is 11.2. The van der Waals surface area contributed by atoms with Gasteiger partial charge in [-0.2, -0.15) is 0 Å². The van der Waals surface area contributed by atoms with Crippen molar-refractivity contribution in [3.8, 4) is 11.5 Å². The van der Waals surface area contributed by atoms with Gasteiger partial charge in [0.25, 0.3) is 0 Å². The molecule has 0 saturated carbocycles. The van der Waals surface area contributed by atoms with Crippen molar-refractivity contribution in [3.63, 3.8) is 0 Å². The Morgan fingerprint density at radius 2 is 1.61 bits per heavy atom. The molecule has 1 saturated heterocycles. The maximum atomic E-state index is 11.2. The van der Waals surface area contributed by atoms with Crippen LogP contribution in [0, 0.1) is 0 Å². The van der Waals surface area contributed by atoms with E-state index in [-0.39, 0.29) is 17.1 Å². The average Bonchev–Trinajstić information content (AvgIpc) is 2.74. The molecule has 5 N–H and O–H groups in total. The summed E-state index contributed by atoms with van der Waals surface area (Å²) >= 11 is 0. The van der Waals surface area contributed by atoms with E-state index in [1.807, 2.05) is 0 Å². The molecule has 4 unspecified atom stereocenters. The number of carboxylic acid groups (broad SMARTS) is 1. The number of phenols is 1. The molecule has 2 aromatic carbocycles. The van der Waals surface area contributed by atoms with Crippen LogP contribution in [0.25, 0.3) is 0 Å². The summed E-state index contributed by atoms with van der Waals surface area (Å²) in [6.45, 7) is -1.61. The van der Waals surface area contributed by atoms with Gasteiger partial charge in [0.15, 0.2) is 6.10 Å². The van der Waals surface area contributed by atoms with Crippen LogP contribution in [-0.2, 0) is 9.53 Å². The highest BCUT2D eigenvalue weighted by molar-refractivity contribution is 5.73. The SMILES string of the molecule is [2H]C([2H])C([2H])(c1ccc(O)cc1)c1ccc(O[C@@H]2OC(C(=O)O)[C@H](O)C(O)C2O)cc1. The van der Waals surface area contributed by atoms with Crippen molar-refractivity contribution in [2.24, 2.45) is 0 Å². The summed E-state index contributed by atoms with van der Waals surface area (Å²) in [5, 5.41) is 48.2. The summed E-state index contributed by atoms with van der Waals surface area (Å²) in [6.07, 6.45) is -8.74. The van der Waals surface area contributed by atoms with Crippen molar-refractivity contribution in [1.82, 2.24) is 0 Å². The van der Waals surface area contributed by atoms with Crippen molar-refractivity contribution in [2.45, 2.75) is 43.5 Å². The molecular weight excluding hydrogens is 368 g/mol. The first kappa shape index (κ1) is 16.3. The van der Waals surface area contributed by atoms with E-state index in [4.69, 9.17) is 18.7 Å². The molecule has 0 aromatic heterocycles. The number of aliphatic hydroxyl groups is 3. The van der Waals surface area contributed by atoms with Crippen molar-refractivity contribution < 1.29 is 43.9 Å². The molecule has 1 aliphatic rings. The van der Waals surface area contributed by atoms with E-state index in [0.29, 0.717) is 5.56 Å². The first-order valence-electron chi connectivity index (χ1n) is 10.0. The number of carbonyl (C=O) groups is 1. The van der Waals surface area contributed by atoms with E-state index < -0.39 is 49.4 Å². The second-order valence-electron chi connectivity index (χ2n) is 6.34. The van der Waals surface area contributed by atoms with Crippen LogP contribution in [0.2, 0.25) is 0 Å². The number of aliphatic carboxylic acids is 1. The molecule has 0 amide bonds. The molecule has 8 nitrogen and oxygen atoms in total. The quantitative estimate of drug-likeness (QED) is 0.503. The minimum absolute atomic E-state index is 0.0145. The molecule has 3 rings (SSSR count). The number of phenolic OH excluding ortho intramolecular Hbond substituents is 1. The van der Waals surface area contributed by atoms with Crippen LogP contribution in [0.5, 0.6) is 11.5 Å². The Bertz CT molecular complexity index is 908. The maximum Gasteiger partial charge on any atom is 0.335 e. The van der Waals surface area contributed by atoms with Crippen LogP contribution in [-0.4, -0.2) is 62.2 Å². The Kier molecular flexibility index (Phi) is 4.75. The lowest BCUT2D eigenvalue weighted by Crippen LogP contribution is -2.61. The minimum atomic E-state index is -1.84. The lowest BCUT2D eigenvalue weighted by atomic mass is 9.93. The predicted octanol–water partition coefficient (Wildman–Crippen LogP) is 0.815. The fraction of sp³-hybridized carbons (Fsp3) is 0.350. The summed E-state index contributed by atoms with van der Waals surface area (Å²) < 4.78 is 34.9. The third kappa shape index (κ3) is 4.10. The molecule has 28 heavy (non-hydrogen) atoms. The molecule has 6 atom stereocenters.